The Labute approximate surface area is 155 Å². The molecular formula is C20H21N3O2S. The molecule has 2 heterocycles. The van der Waals surface area contributed by atoms with E-state index < -0.39 is 0 Å². The predicted molar refractivity (Wildman–Crippen MR) is 106 cm³/mol. The van der Waals surface area contributed by atoms with Crippen LogP contribution in [-0.4, -0.2) is 22.9 Å². The van der Waals surface area contributed by atoms with Gasteiger partial charge in [-0.1, -0.05) is 12.1 Å². The second-order valence-electron chi connectivity index (χ2n) is 6.03. The van der Waals surface area contributed by atoms with Crippen molar-refractivity contribution in [2.75, 3.05) is 13.2 Å². The number of aromatic nitrogens is 2. The number of fused-ring (bicyclic) bond motifs is 2. The van der Waals surface area contributed by atoms with Gasteiger partial charge in [0.25, 0.3) is 0 Å². The highest BCUT2D eigenvalue weighted by Crippen LogP contribution is 2.31. The zero-order valence-electron chi connectivity index (χ0n) is 14.6. The van der Waals surface area contributed by atoms with Gasteiger partial charge in [0.05, 0.1) is 27.9 Å². The topological polar surface area (TPSA) is 62.3 Å². The largest absolute Gasteiger partial charge is 0.493 e. The molecule has 0 spiro atoms. The fraction of sp³-hybridized carbons (Fsp3) is 0.250. The molecule has 4 aromatic rings. The van der Waals surface area contributed by atoms with Gasteiger partial charge >= 0.3 is 0 Å². The average Bonchev–Trinajstić information content (AvgIpc) is 3.25. The minimum Gasteiger partial charge on any atom is -0.493 e. The van der Waals surface area contributed by atoms with E-state index in [0.717, 1.165) is 39.7 Å². The van der Waals surface area contributed by atoms with Crippen LogP contribution in [0.15, 0.2) is 48.1 Å². The fourth-order valence-corrected chi connectivity index (χ4v) is 3.83. The van der Waals surface area contributed by atoms with Crippen molar-refractivity contribution >= 4 is 32.5 Å². The average molecular weight is 367 g/mol. The Bertz CT molecular complexity index is 1040. The van der Waals surface area contributed by atoms with Crippen molar-refractivity contribution in [2.24, 2.45) is 5.73 Å². The van der Waals surface area contributed by atoms with Gasteiger partial charge in [-0.3, -0.25) is 0 Å². The molecular weight excluding hydrogens is 346 g/mol. The summed E-state index contributed by atoms with van der Waals surface area (Å²) < 4.78 is 8.82. The van der Waals surface area contributed by atoms with Gasteiger partial charge in [-0.2, -0.15) is 4.73 Å². The van der Waals surface area contributed by atoms with Crippen LogP contribution in [0, 0.1) is 0 Å². The second-order valence-corrected chi connectivity index (χ2v) is 6.92. The first-order valence-corrected chi connectivity index (χ1v) is 9.59. The Kier molecular flexibility index (Phi) is 4.77. The van der Waals surface area contributed by atoms with Crippen LogP contribution in [0.3, 0.4) is 0 Å². The van der Waals surface area contributed by atoms with Crippen LogP contribution >= 0.6 is 11.3 Å². The minimum absolute atomic E-state index is 0.470. The summed E-state index contributed by atoms with van der Waals surface area (Å²) in [4.78, 5) is 10.5. The fourth-order valence-electron chi connectivity index (χ4n) is 3.17. The molecule has 2 aromatic heterocycles. The Morgan fingerprint density at radius 1 is 1.23 bits per heavy atom. The molecule has 134 valence electrons. The Balaban J connectivity index is 1.66. The Hall–Kier alpha value is -2.57. The minimum atomic E-state index is 0.470. The van der Waals surface area contributed by atoms with Gasteiger partial charge in [0.2, 0.25) is 0 Å². The van der Waals surface area contributed by atoms with Gasteiger partial charge in [-0.25, -0.2) is 4.98 Å². The molecule has 2 aromatic carbocycles. The van der Waals surface area contributed by atoms with Crippen LogP contribution in [0.5, 0.6) is 5.75 Å². The summed E-state index contributed by atoms with van der Waals surface area (Å²) in [7, 11) is 0. The third-order valence-electron chi connectivity index (χ3n) is 4.31. The van der Waals surface area contributed by atoms with E-state index in [1.54, 1.807) is 11.3 Å². The first-order chi connectivity index (χ1) is 12.8. The lowest BCUT2D eigenvalue weighted by Gasteiger charge is -2.09. The van der Waals surface area contributed by atoms with Crippen molar-refractivity contribution in [1.29, 1.82) is 0 Å². The first kappa shape index (κ1) is 16.9. The number of nitrogens with two attached hydrogens (primary N) is 1. The molecule has 0 fully saturated rings. The van der Waals surface area contributed by atoms with E-state index in [1.807, 2.05) is 41.6 Å². The van der Waals surface area contributed by atoms with E-state index in [2.05, 4.69) is 23.2 Å². The standard InChI is InChI=1S/C20H21N3O2S/c1-2-24-18-5-3-4-17-20(18)15(8-9-21)11-23(17)25-12-14-6-7-19-16(10-14)22-13-26-19/h3-7,10-11,13H,2,8-9,12,21H2,1H3. The molecule has 5 nitrogen and oxygen atoms in total. The van der Waals surface area contributed by atoms with Gasteiger partial charge in [-0.05, 0) is 55.3 Å². The van der Waals surface area contributed by atoms with E-state index in [-0.39, 0.29) is 0 Å². The highest BCUT2D eigenvalue weighted by atomic mass is 32.1. The molecule has 26 heavy (non-hydrogen) atoms. The quantitative estimate of drug-likeness (QED) is 0.540. The summed E-state index contributed by atoms with van der Waals surface area (Å²) >= 11 is 1.64. The highest BCUT2D eigenvalue weighted by Gasteiger charge is 2.14. The number of ether oxygens (including phenoxy) is 1. The Morgan fingerprint density at radius 2 is 2.15 bits per heavy atom. The summed E-state index contributed by atoms with van der Waals surface area (Å²) in [5.74, 6) is 0.875. The maximum Gasteiger partial charge on any atom is 0.140 e. The van der Waals surface area contributed by atoms with E-state index in [9.17, 15) is 0 Å². The normalized spacial score (nSPS) is 11.3. The monoisotopic (exact) mass is 367 g/mol. The summed E-state index contributed by atoms with van der Waals surface area (Å²) in [5, 5.41) is 1.08. The molecule has 0 atom stereocenters. The molecule has 0 radical (unpaired) electrons. The lowest BCUT2D eigenvalue weighted by molar-refractivity contribution is 0.107. The summed E-state index contributed by atoms with van der Waals surface area (Å²) in [6, 6.07) is 12.3. The molecule has 0 saturated carbocycles. The number of rotatable bonds is 7. The van der Waals surface area contributed by atoms with Crippen LogP contribution in [0.4, 0.5) is 0 Å². The van der Waals surface area contributed by atoms with Crippen molar-refractivity contribution in [2.45, 2.75) is 20.0 Å². The van der Waals surface area contributed by atoms with E-state index in [0.29, 0.717) is 19.8 Å². The second kappa shape index (κ2) is 7.35. The van der Waals surface area contributed by atoms with Crippen LogP contribution < -0.4 is 15.3 Å². The molecule has 2 N–H and O–H groups in total. The number of nitrogens with zero attached hydrogens (tertiary/aromatic N) is 2. The molecule has 0 unspecified atom stereocenters. The molecule has 0 aliphatic heterocycles. The van der Waals surface area contributed by atoms with E-state index >= 15 is 0 Å². The van der Waals surface area contributed by atoms with Gasteiger partial charge in [0, 0.05) is 11.6 Å². The third kappa shape index (κ3) is 3.13. The van der Waals surface area contributed by atoms with Gasteiger partial charge in [-0.15, -0.1) is 11.3 Å². The number of hydrogen-bond donors (Lipinski definition) is 1. The molecule has 0 aliphatic carbocycles. The molecule has 0 aliphatic rings. The number of hydrogen-bond acceptors (Lipinski definition) is 5. The van der Waals surface area contributed by atoms with Crippen LogP contribution in [0.25, 0.3) is 21.1 Å². The van der Waals surface area contributed by atoms with Crippen molar-refractivity contribution in [3.63, 3.8) is 0 Å². The Morgan fingerprint density at radius 3 is 3.00 bits per heavy atom. The van der Waals surface area contributed by atoms with Crippen molar-refractivity contribution < 1.29 is 9.57 Å². The summed E-state index contributed by atoms with van der Waals surface area (Å²) in [6.07, 6.45) is 2.79. The van der Waals surface area contributed by atoms with Crippen LogP contribution in [-0.2, 0) is 13.0 Å². The zero-order valence-corrected chi connectivity index (χ0v) is 15.5. The maximum absolute atomic E-state index is 6.09. The lowest BCUT2D eigenvalue weighted by Crippen LogP contribution is -2.10. The van der Waals surface area contributed by atoms with Crippen LogP contribution in [0.2, 0.25) is 0 Å². The highest BCUT2D eigenvalue weighted by molar-refractivity contribution is 7.16. The molecule has 0 amide bonds. The predicted octanol–water partition coefficient (Wildman–Crippen LogP) is 3.78. The first-order valence-electron chi connectivity index (χ1n) is 8.71. The van der Waals surface area contributed by atoms with Gasteiger partial charge < -0.3 is 15.3 Å². The van der Waals surface area contributed by atoms with Crippen molar-refractivity contribution in [3.8, 4) is 5.75 Å². The summed E-state index contributed by atoms with van der Waals surface area (Å²) in [6.45, 7) is 3.67. The molecule has 0 bridgehead atoms. The number of thiazole rings is 1. The van der Waals surface area contributed by atoms with Gasteiger partial charge in [0.1, 0.15) is 12.4 Å². The number of benzene rings is 2. The lowest BCUT2D eigenvalue weighted by atomic mass is 10.1. The van der Waals surface area contributed by atoms with Gasteiger partial charge in [0.15, 0.2) is 0 Å². The molecule has 6 heteroatoms. The zero-order chi connectivity index (χ0) is 17.9. The maximum atomic E-state index is 6.09. The van der Waals surface area contributed by atoms with Crippen molar-refractivity contribution in [1.82, 2.24) is 9.71 Å². The third-order valence-corrected chi connectivity index (χ3v) is 5.12. The molecule has 4 rings (SSSR count). The SMILES string of the molecule is CCOc1cccc2c1c(CCN)cn2OCc1ccc2scnc2c1. The molecule has 0 saturated heterocycles. The van der Waals surface area contributed by atoms with E-state index in [1.165, 1.54) is 4.70 Å². The smallest absolute Gasteiger partial charge is 0.140 e. The van der Waals surface area contributed by atoms with Crippen molar-refractivity contribution in [3.05, 3.63) is 59.2 Å². The summed E-state index contributed by atoms with van der Waals surface area (Å²) in [5.41, 5.74) is 11.9. The van der Waals surface area contributed by atoms with Crippen LogP contribution in [0.1, 0.15) is 18.1 Å². The van der Waals surface area contributed by atoms with E-state index in [4.69, 9.17) is 15.3 Å².